The molecular formula is C16H25NO. The molecule has 1 aliphatic heterocycles. The van der Waals surface area contributed by atoms with Gasteiger partial charge < -0.3 is 10.1 Å². The molecular weight excluding hydrogens is 222 g/mol. The summed E-state index contributed by atoms with van der Waals surface area (Å²) >= 11 is 0. The topological polar surface area (TPSA) is 21.3 Å². The predicted octanol–water partition coefficient (Wildman–Crippen LogP) is 3.28. The highest BCUT2D eigenvalue weighted by Crippen LogP contribution is 2.32. The Kier molecular flexibility index (Phi) is 3.96. The average molecular weight is 247 g/mol. The largest absolute Gasteiger partial charge is 0.493 e. The Hall–Kier alpha value is -1.02. The molecule has 0 aromatic heterocycles. The monoisotopic (exact) mass is 247 g/mol. The second kappa shape index (κ2) is 5.31. The molecule has 1 heterocycles. The molecule has 0 atom stereocenters. The Bertz CT molecular complexity index is 402. The number of rotatable bonds is 4. The summed E-state index contributed by atoms with van der Waals surface area (Å²) in [6.07, 6.45) is 1.16. The molecule has 0 saturated carbocycles. The highest BCUT2D eigenvalue weighted by atomic mass is 16.5. The molecule has 0 unspecified atom stereocenters. The van der Waals surface area contributed by atoms with E-state index in [1.165, 1.54) is 11.1 Å². The molecule has 100 valence electrons. The molecule has 0 radical (unpaired) electrons. The maximum absolute atomic E-state index is 6.00. The van der Waals surface area contributed by atoms with Gasteiger partial charge in [-0.15, -0.1) is 0 Å². The fourth-order valence-electron chi connectivity index (χ4n) is 2.24. The molecule has 2 rings (SSSR count). The summed E-state index contributed by atoms with van der Waals surface area (Å²) in [6.45, 7) is 12.0. The van der Waals surface area contributed by atoms with Gasteiger partial charge >= 0.3 is 0 Å². The molecule has 2 nitrogen and oxygen atoms in total. The van der Waals surface area contributed by atoms with Crippen LogP contribution in [0.5, 0.6) is 5.75 Å². The first-order valence-corrected chi connectivity index (χ1v) is 6.91. The maximum atomic E-state index is 6.00. The zero-order valence-electron chi connectivity index (χ0n) is 12.0. The smallest absolute Gasteiger partial charge is 0.123 e. The lowest BCUT2D eigenvalue weighted by Gasteiger charge is -2.28. The van der Waals surface area contributed by atoms with E-state index in [9.17, 15) is 0 Å². The zero-order chi connectivity index (χ0) is 13.2. The first-order chi connectivity index (χ1) is 8.47. The Labute approximate surface area is 111 Å². The first kappa shape index (κ1) is 13.4. The second-order valence-corrected chi connectivity index (χ2v) is 6.41. The Morgan fingerprint density at radius 2 is 2.00 bits per heavy atom. The molecule has 18 heavy (non-hydrogen) atoms. The van der Waals surface area contributed by atoms with Crippen molar-refractivity contribution in [2.24, 2.45) is 5.92 Å². The van der Waals surface area contributed by atoms with Gasteiger partial charge in [0.05, 0.1) is 6.61 Å². The van der Waals surface area contributed by atoms with E-state index in [2.05, 4.69) is 51.2 Å². The van der Waals surface area contributed by atoms with Crippen molar-refractivity contribution >= 4 is 0 Å². The van der Waals surface area contributed by atoms with Crippen molar-refractivity contribution in [1.82, 2.24) is 5.32 Å². The molecule has 1 aliphatic rings. The van der Waals surface area contributed by atoms with E-state index < -0.39 is 0 Å². The van der Waals surface area contributed by atoms with Gasteiger partial charge in [-0.2, -0.15) is 0 Å². The Morgan fingerprint density at radius 1 is 1.28 bits per heavy atom. The summed E-state index contributed by atoms with van der Waals surface area (Å²) in [7, 11) is 0. The summed E-state index contributed by atoms with van der Waals surface area (Å²) in [5.41, 5.74) is 2.75. The van der Waals surface area contributed by atoms with Gasteiger partial charge in [0.15, 0.2) is 0 Å². The summed E-state index contributed by atoms with van der Waals surface area (Å²) in [6, 6.07) is 6.50. The molecule has 0 aliphatic carbocycles. The number of aryl methyl sites for hydroxylation is 1. The molecule has 0 amide bonds. The van der Waals surface area contributed by atoms with E-state index in [0.717, 1.165) is 37.8 Å². The number of hydrogen-bond acceptors (Lipinski definition) is 2. The van der Waals surface area contributed by atoms with Crippen molar-refractivity contribution in [2.45, 2.75) is 39.5 Å². The van der Waals surface area contributed by atoms with E-state index in [1.54, 1.807) is 0 Å². The van der Waals surface area contributed by atoms with Gasteiger partial charge in [-0.25, -0.2) is 0 Å². The molecule has 0 spiro atoms. The third kappa shape index (κ3) is 3.26. The van der Waals surface area contributed by atoms with Crippen molar-refractivity contribution in [2.75, 3.05) is 19.7 Å². The van der Waals surface area contributed by atoms with Crippen molar-refractivity contribution in [3.8, 4) is 5.75 Å². The minimum Gasteiger partial charge on any atom is -0.493 e. The normalized spacial score (nSPS) is 16.4. The van der Waals surface area contributed by atoms with Crippen LogP contribution < -0.4 is 10.1 Å². The van der Waals surface area contributed by atoms with Crippen LogP contribution in [-0.4, -0.2) is 19.7 Å². The fraction of sp³-hybridized carbons (Fsp3) is 0.625. The number of nitrogens with one attached hydrogen (secondary N) is 1. The average Bonchev–Trinajstić information content (AvgIpc) is 2.22. The Morgan fingerprint density at radius 3 is 2.56 bits per heavy atom. The van der Waals surface area contributed by atoms with Crippen LogP contribution in [0.2, 0.25) is 0 Å². The maximum Gasteiger partial charge on any atom is 0.123 e. The van der Waals surface area contributed by atoms with Crippen molar-refractivity contribution < 1.29 is 4.74 Å². The van der Waals surface area contributed by atoms with Gasteiger partial charge in [0.2, 0.25) is 0 Å². The van der Waals surface area contributed by atoms with Crippen molar-refractivity contribution in [3.63, 3.8) is 0 Å². The van der Waals surface area contributed by atoms with Crippen LogP contribution in [0.25, 0.3) is 0 Å². The molecule has 1 fully saturated rings. The Balaban J connectivity index is 2.01. The third-order valence-corrected chi connectivity index (χ3v) is 3.59. The minimum absolute atomic E-state index is 0.138. The molecule has 2 heteroatoms. The number of hydrogen-bond donors (Lipinski definition) is 1. The third-order valence-electron chi connectivity index (χ3n) is 3.59. The number of ether oxygens (including phenoxy) is 1. The summed E-state index contributed by atoms with van der Waals surface area (Å²) in [5, 5.41) is 3.30. The van der Waals surface area contributed by atoms with Gasteiger partial charge in [-0.3, -0.25) is 0 Å². The fourth-order valence-corrected chi connectivity index (χ4v) is 2.24. The van der Waals surface area contributed by atoms with E-state index in [4.69, 9.17) is 4.74 Å². The van der Waals surface area contributed by atoms with Crippen LogP contribution in [0.1, 0.15) is 38.3 Å². The van der Waals surface area contributed by atoms with Gasteiger partial charge in [-0.05, 0) is 49.4 Å². The quantitative estimate of drug-likeness (QED) is 0.881. The van der Waals surface area contributed by atoms with E-state index in [1.807, 2.05) is 0 Å². The lowest BCUT2D eigenvalue weighted by Crippen LogP contribution is -2.42. The van der Waals surface area contributed by atoms with E-state index >= 15 is 0 Å². The predicted molar refractivity (Wildman–Crippen MR) is 76.4 cm³/mol. The lowest BCUT2D eigenvalue weighted by molar-refractivity contribution is 0.235. The van der Waals surface area contributed by atoms with E-state index in [-0.39, 0.29) is 5.41 Å². The summed E-state index contributed by atoms with van der Waals surface area (Å²) < 4.78 is 6.00. The van der Waals surface area contributed by atoms with Crippen LogP contribution in [-0.2, 0) is 5.41 Å². The van der Waals surface area contributed by atoms with Gasteiger partial charge in [0.1, 0.15) is 5.75 Å². The second-order valence-electron chi connectivity index (χ2n) is 6.41. The SMILES string of the molecule is Cc1ccc(OCCC2CNC2)c(C(C)(C)C)c1. The van der Waals surface area contributed by atoms with Crippen LogP contribution in [0.3, 0.4) is 0 Å². The first-order valence-electron chi connectivity index (χ1n) is 6.91. The molecule has 1 aromatic rings. The highest BCUT2D eigenvalue weighted by Gasteiger charge is 2.20. The van der Waals surface area contributed by atoms with Crippen LogP contribution in [0.4, 0.5) is 0 Å². The van der Waals surface area contributed by atoms with Crippen molar-refractivity contribution in [3.05, 3.63) is 29.3 Å². The highest BCUT2D eigenvalue weighted by molar-refractivity contribution is 5.41. The van der Waals surface area contributed by atoms with Gasteiger partial charge in [0, 0.05) is 0 Å². The van der Waals surface area contributed by atoms with Crippen LogP contribution >= 0.6 is 0 Å². The lowest BCUT2D eigenvalue weighted by atomic mass is 9.85. The summed E-state index contributed by atoms with van der Waals surface area (Å²) in [4.78, 5) is 0. The van der Waals surface area contributed by atoms with Crippen LogP contribution in [0, 0.1) is 12.8 Å². The molecule has 1 aromatic carbocycles. The molecule has 1 N–H and O–H groups in total. The molecule has 1 saturated heterocycles. The van der Waals surface area contributed by atoms with Gasteiger partial charge in [0.25, 0.3) is 0 Å². The summed E-state index contributed by atoms with van der Waals surface area (Å²) in [5.74, 6) is 1.87. The number of benzene rings is 1. The van der Waals surface area contributed by atoms with E-state index in [0.29, 0.717) is 0 Å². The van der Waals surface area contributed by atoms with Crippen molar-refractivity contribution in [1.29, 1.82) is 0 Å². The van der Waals surface area contributed by atoms with Crippen LogP contribution in [0.15, 0.2) is 18.2 Å². The zero-order valence-corrected chi connectivity index (χ0v) is 12.0. The van der Waals surface area contributed by atoms with Gasteiger partial charge in [-0.1, -0.05) is 38.5 Å². The minimum atomic E-state index is 0.138. The molecule has 0 bridgehead atoms. The standard InChI is InChI=1S/C16H25NO/c1-12-5-6-15(14(9-12)16(2,3)4)18-8-7-13-10-17-11-13/h5-6,9,13,17H,7-8,10-11H2,1-4H3.